The molecule has 0 heterocycles. The second kappa shape index (κ2) is 6.63. The minimum absolute atomic E-state index is 0.383. The van der Waals surface area contributed by atoms with Gasteiger partial charge in [-0.2, -0.15) is 0 Å². The molecule has 0 amide bonds. The first-order valence-electron chi connectivity index (χ1n) is 9.54. The van der Waals surface area contributed by atoms with Crippen molar-refractivity contribution in [1.82, 2.24) is 0 Å². The van der Waals surface area contributed by atoms with Crippen molar-refractivity contribution in [3.63, 3.8) is 0 Å². The van der Waals surface area contributed by atoms with E-state index >= 15 is 0 Å². The van der Waals surface area contributed by atoms with Crippen molar-refractivity contribution in [3.05, 3.63) is 65.7 Å². The van der Waals surface area contributed by atoms with Crippen molar-refractivity contribution < 1.29 is 4.74 Å². The van der Waals surface area contributed by atoms with Gasteiger partial charge in [-0.3, -0.25) is 0 Å². The molecule has 0 saturated heterocycles. The smallest absolute Gasteiger partial charge is 0.119 e. The van der Waals surface area contributed by atoms with Gasteiger partial charge in [0.1, 0.15) is 12.4 Å². The average molecular weight is 320 g/mol. The zero-order chi connectivity index (χ0) is 16.4. The molecule has 2 aromatic rings. The van der Waals surface area contributed by atoms with E-state index in [1.807, 2.05) is 6.07 Å². The van der Waals surface area contributed by atoms with Crippen LogP contribution in [0.3, 0.4) is 0 Å². The third-order valence-corrected chi connectivity index (χ3v) is 6.63. The third kappa shape index (κ3) is 2.85. The number of rotatable bonds is 4. The van der Waals surface area contributed by atoms with Crippen molar-refractivity contribution in [2.24, 2.45) is 11.8 Å². The van der Waals surface area contributed by atoms with Gasteiger partial charge in [-0.25, -0.2) is 0 Å². The fraction of sp³-hybridized carbons (Fsp3) is 0.478. The van der Waals surface area contributed by atoms with Crippen LogP contribution in [-0.2, 0) is 12.0 Å². The molecule has 2 saturated carbocycles. The van der Waals surface area contributed by atoms with E-state index in [1.165, 1.54) is 49.7 Å². The monoisotopic (exact) mass is 320 g/mol. The van der Waals surface area contributed by atoms with E-state index in [1.54, 1.807) is 0 Å². The topological polar surface area (TPSA) is 9.23 Å². The number of fused-ring (bicyclic) bond motifs is 2. The highest BCUT2D eigenvalue weighted by molar-refractivity contribution is 5.34. The lowest BCUT2D eigenvalue weighted by molar-refractivity contribution is 0.0666. The zero-order valence-corrected chi connectivity index (χ0v) is 14.7. The van der Waals surface area contributed by atoms with E-state index in [4.69, 9.17) is 4.74 Å². The molecule has 0 N–H and O–H groups in total. The molecule has 0 atom stereocenters. The second-order valence-corrected chi connectivity index (χ2v) is 7.84. The fourth-order valence-electron chi connectivity index (χ4n) is 5.17. The molecular weight excluding hydrogens is 292 g/mol. The average Bonchev–Trinajstić information content (AvgIpc) is 2.61. The Bertz CT molecular complexity index is 636. The summed E-state index contributed by atoms with van der Waals surface area (Å²) in [5, 5.41) is 0. The first-order valence-corrected chi connectivity index (χ1v) is 9.54. The van der Waals surface area contributed by atoms with E-state index < -0.39 is 0 Å². The molecule has 2 aliphatic carbocycles. The summed E-state index contributed by atoms with van der Waals surface area (Å²) in [5.41, 5.74) is 3.13. The molecule has 0 unspecified atom stereocenters. The van der Waals surface area contributed by atoms with Gasteiger partial charge in [0.25, 0.3) is 0 Å². The molecule has 2 bridgehead atoms. The molecule has 126 valence electrons. The van der Waals surface area contributed by atoms with E-state index in [9.17, 15) is 0 Å². The van der Waals surface area contributed by atoms with Crippen LogP contribution < -0.4 is 4.74 Å². The van der Waals surface area contributed by atoms with Gasteiger partial charge in [0.15, 0.2) is 0 Å². The van der Waals surface area contributed by atoms with Crippen LogP contribution in [0.2, 0.25) is 0 Å². The summed E-state index contributed by atoms with van der Waals surface area (Å²) in [5.74, 6) is 2.73. The molecule has 0 aliphatic heterocycles. The highest BCUT2D eigenvalue weighted by atomic mass is 16.5. The Balaban J connectivity index is 1.49. The van der Waals surface area contributed by atoms with Crippen LogP contribution in [-0.4, -0.2) is 0 Å². The number of ether oxygens (including phenoxy) is 1. The Morgan fingerprint density at radius 1 is 0.833 bits per heavy atom. The first kappa shape index (κ1) is 15.7. The minimum atomic E-state index is 0.383. The van der Waals surface area contributed by atoms with Crippen molar-refractivity contribution in [2.45, 2.75) is 57.5 Å². The third-order valence-electron chi connectivity index (χ3n) is 6.63. The molecule has 0 radical (unpaired) electrons. The van der Waals surface area contributed by atoms with Gasteiger partial charge in [-0.1, -0.05) is 62.2 Å². The van der Waals surface area contributed by atoms with Crippen LogP contribution in [0.1, 0.15) is 56.6 Å². The molecule has 0 aromatic heterocycles. The lowest BCUT2D eigenvalue weighted by Crippen LogP contribution is -2.45. The first-order chi connectivity index (χ1) is 11.8. The zero-order valence-electron chi connectivity index (χ0n) is 14.7. The van der Waals surface area contributed by atoms with E-state index in [0.717, 1.165) is 17.6 Å². The molecule has 0 spiro atoms. The van der Waals surface area contributed by atoms with Crippen LogP contribution in [0, 0.1) is 11.8 Å². The summed E-state index contributed by atoms with van der Waals surface area (Å²) in [6.07, 6.45) is 8.53. The SMILES string of the molecule is CC1(c2ccc(OCc3ccccc3)cc2)C2CCCC1CCC2. The number of hydrogen-bond donors (Lipinski definition) is 0. The summed E-state index contributed by atoms with van der Waals surface area (Å²) in [6, 6.07) is 19.4. The standard InChI is InChI=1S/C23H28O/c1-23(19-9-5-10-20(23)12-6-11-19)21-13-15-22(16-14-21)24-17-18-7-3-2-4-8-18/h2-4,7-8,13-16,19-20H,5-6,9-12,17H2,1H3. The Labute approximate surface area is 146 Å². The Kier molecular flexibility index (Phi) is 4.35. The van der Waals surface area contributed by atoms with Crippen molar-refractivity contribution in [1.29, 1.82) is 0 Å². The lowest BCUT2D eigenvalue weighted by atomic mass is 9.53. The van der Waals surface area contributed by atoms with Gasteiger partial charge in [0, 0.05) is 0 Å². The normalized spacial score (nSPS) is 29.2. The van der Waals surface area contributed by atoms with Crippen LogP contribution in [0.15, 0.2) is 54.6 Å². The van der Waals surface area contributed by atoms with Gasteiger partial charge < -0.3 is 4.74 Å². The highest BCUT2D eigenvalue weighted by Gasteiger charge is 2.46. The van der Waals surface area contributed by atoms with Gasteiger partial charge in [-0.15, -0.1) is 0 Å². The summed E-state index contributed by atoms with van der Waals surface area (Å²) >= 11 is 0. The summed E-state index contributed by atoms with van der Waals surface area (Å²) in [4.78, 5) is 0. The largest absolute Gasteiger partial charge is 0.489 e. The lowest BCUT2D eigenvalue weighted by Gasteiger charge is -2.52. The van der Waals surface area contributed by atoms with E-state index in [0.29, 0.717) is 12.0 Å². The summed E-state index contributed by atoms with van der Waals surface area (Å²) in [6.45, 7) is 3.17. The molecule has 4 rings (SSSR count). The molecule has 2 aliphatic rings. The molecular formula is C23H28O. The van der Waals surface area contributed by atoms with Crippen molar-refractivity contribution >= 4 is 0 Å². The maximum atomic E-state index is 5.96. The van der Waals surface area contributed by atoms with Crippen LogP contribution in [0.4, 0.5) is 0 Å². The van der Waals surface area contributed by atoms with E-state index in [-0.39, 0.29) is 0 Å². The summed E-state index contributed by atoms with van der Waals surface area (Å²) < 4.78 is 5.96. The predicted octanol–water partition coefficient (Wildman–Crippen LogP) is 6.12. The summed E-state index contributed by atoms with van der Waals surface area (Å²) in [7, 11) is 0. The fourth-order valence-corrected chi connectivity index (χ4v) is 5.17. The quantitative estimate of drug-likeness (QED) is 0.659. The predicted molar refractivity (Wildman–Crippen MR) is 99.3 cm³/mol. The number of benzene rings is 2. The maximum Gasteiger partial charge on any atom is 0.119 e. The molecule has 2 aromatic carbocycles. The number of hydrogen-bond acceptors (Lipinski definition) is 1. The van der Waals surface area contributed by atoms with Gasteiger partial charge in [0.05, 0.1) is 0 Å². The van der Waals surface area contributed by atoms with Crippen LogP contribution in [0.25, 0.3) is 0 Å². The Hall–Kier alpha value is -1.76. The van der Waals surface area contributed by atoms with Crippen molar-refractivity contribution in [3.8, 4) is 5.75 Å². The Morgan fingerprint density at radius 2 is 1.42 bits per heavy atom. The van der Waals surface area contributed by atoms with Crippen molar-refractivity contribution in [2.75, 3.05) is 0 Å². The second-order valence-electron chi connectivity index (χ2n) is 7.84. The minimum Gasteiger partial charge on any atom is -0.489 e. The highest BCUT2D eigenvalue weighted by Crippen LogP contribution is 2.54. The Morgan fingerprint density at radius 3 is 2.00 bits per heavy atom. The molecule has 2 fully saturated rings. The van der Waals surface area contributed by atoms with Crippen LogP contribution in [0.5, 0.6) is 5.75 Å². The molecule has 1 nitrogen and oxygen atoms in total. The van der Waals surface area contributed by atoms with E-state index in [2.05, 4.69) is 55.5 Å². The van der Waals surface area contributed by atoms with Crippen LogP contribution >= 0.6 is 0 Å². The van der Waals surface area contributed by atoms with Gasteiger partial charge >= 0.3 is 0 Å². The molecule has 24 heavy (non-hydrogen) atoms. The molecule has 1 heteroatoms. The van der Waals surface area contributed by atoms with Gasteiger partial charge in [0.2, 0.25) is 0 Å². The van der Waals surface area contributed by atoms with Gasteiger partial charge in [-0.05, 0) is 66.2 Å². The maximum absolute atomic E-state index is 5.96.